The largest absolute Gasteiger partial charge is 0.389 e. The summed E-state index contributed by atoms with van der Waals surface area (Å²) in [4.78, 5) is 12.9. The zero-order valence-electron chi connectivity index (χ0n) is 13.5. The first-order valence-electron chi connectivity index (χ1n) is 7.65. The van der Waals surface area contributed by atoms with Gasteiger partial charge < -0.3 is 15.2 Å². The molecule has 2 aromatic rings. The highest BCUT2D eigenvalue weighted by Gasteiger charge is 2.36. The fourth-order valence-corrected chi connectivity index (χ4v) is 2.61. The molecule has 0 bridgehead atoms. The second kappa shape index (κ2) is 7.90. The third kappa shape index (κ3) is 3.97. The molecule has 0 aliphatic carbocycles. The molecule has 2 aromatic carbocycles. The fraction of sp³-hybridized carbons (Fsp3) is 0.316. The Morgan fingerprint density at radius 3 is 2.00 bits per heavy atom. The van der Waals surface area contributed by atoms with E-state index in [1.807, 2.05) is 67.6 Å². The average Bonchev–Trinajstić information content (AvgIpc) is 2.60. The number of rotatable bonds is 7. The Bertz CT molecular complexity index is 574. The number of carbonyl (C=O) groups is 1. The predicted octanol–water partition coefficient (Wildman–Crippen LogP) is 2.12. The Labute approximate surface area is 137 Å². The summed E-state index contributed by atoms with van der Waals surface area (Å²) in [6, 6.07) is 19.3. The Morgan fingerprint density at radius 2 is 1.57 bits per heavy atom. The lowest BCUT2D eigenvalue weighted by Crippen LogP contribution is -2.46. The molecule has 0 spiro atoms. The van der Waals surface area contributed by atoms with Gasteiger partial charge in [-0.1, -0.05) is 60.7 Å². The maximum absolute atomic E-state index is 12.9. The van der Waals surface area contributed by atoms with Gasteiger partial charge in [-0.05, 0) is 18.1 Å². The molecular formula is C19H23NO3. The van der Waals surface area contributed by atoms with Gasteiger partial charge in [0.1, 0.15) is 0 Å². The molecule has 0 fully saturated rings. The second-order valence-electron chi connectivity index (χ2n) is 5.68. The molecular weight excluding hydrogens is 290 g/mol. The Balaban J connectivity index is 2.30. The molecule has 0 aliphatic heterocycles. The summed E-state index contributed by atoms with van der Waals surface area (Å²) < 4.78 is 4.89. The first kappa shape index (κ1) is 17.2. The van der Waals surface area contributed by atoms with E-state index >= 15 is 0 Å². The quantitative estimate of drug-likeness (QED) is 0.823. The van der Waals surface area contributed by atoms with E-state index < -0.39 is 11.5 Å². The van der Waals surface area contributed by atoms with Crippen molar-refractivity contribution in [2.45, 2.75) is 18.4 Å². The molecule has 2 rings (SSSR count). The van der Waals surface area contributed by atoms with E-state index in [-0.39, 0.29) is 19.1 Å². The molecule has 0 aliphatic rings. The number of hydrogen-bond donors (Lipinski definition) is 2. The number of benzene rings is 2. The normalized spacial score (nSPS) is 12.7. The van der Waals surface area contributed by atoms with Gasteiger partial charge in [0.25, 0.3) is 0 Å². The SMILES string of the molecule is COCC(O)CNC(=O)C(C)(c1ccccc1)c1ccccc1. The van der Waals surface area contributed by atoms with Crippen LogP contribution in [0.15, 0.2) is 60.7 Å². The van der Waals surface area contributed by atoms with Crippen LogP contribution in [0.5, 0.6) is 0 Å². The van der Waals surface area contributed by atoms with Gasteiger partial charge in [0, 0.05) is 13.7 Å². The highest BCUT2D eigenvalue weighted by Crippen LogP contribution is 2.32. The number of aliphatic hydroxyl groups is 1. The lowest BCUT2D eigenvalue weighted by Gasteiger charge is -2.30. The van der Waals surface area contributed by atoms with Gasteiger partial charge in [-0.15, -0.1) is 0 Å². The number of amides is 1. The molecule has 1 atom stereocenters. The second-order valence-corrected chi connectivity index (χ2v) is 5.68. The van der Waals surface area contributed by atoms with E-state index in [4.69, 9.17) is 4.74 Å². The van der Waals surface area contributed by atoms with Crippen molar-refractivity contribution in [2.75, 3.05) is 20.3 Å². The van der Waals surface area contributed by atoms with Crippen LogP contribution >= 0.6 is 0 Å². The first-order chi connectivity index (χ1) is 11.1. The number of methoxy groups -OCH3 is 1. The van der Waals surface area contributed by atoms with Crippen molar-refractivity contribution in [3.05, 3.63) is 71.8 Å². The van der Waals surface area contributed by atoms with Crippen LogP contribution in [-0.2, 0) is 14.9 Å². The molecule has 0 aromatic heterocycles. The number of ether oxygens (including phenoxy) is 1. The zero-order valence-corrected chi connectivity index (χ0v) is 13.5. The maximum atomic E-state index is 12.9. The van der Waals surface area contributed by atoms with E-state index in [1.54, 1.807) is 0 Å². The fourth-order valence-electron chi connectivity index (χ4n) is 2.61. The minimum atomic E-state index is -0.824. The van der Waals surface area contributed by atoms with Crippen molar-refractivity contribution in [1.29, 1.82) is 0 Å². The topological polar surface area (TPSA) is 58.6 Å². The summed E-state index contributed by atoms with van der Waals surface area (Å²) in [5.41, 5.74) is 0.991. The van der Waals surface area contributed by atoms with E-state index in [0.29, 0.717) is 0 Å². The van der Waals surface area contributed by atoms with Gasteiger partial charge in [-0.3, -0.25) is 4.79 Å². The molecule has 0 heterocycles. The monoisotopic (exact) mass is 313 g/mol. The van der Waals surface area contributed by atoms with Crippen molar-refractivity contribution in [3.63, 3.8) is 0 Å². The van der Waals surface area contributed by atoms with Crippen molar-refractivity contribution in [3.8, 4) is 0 Å². The summed E-state index contributed by atoms with van der Waals surface area (Å²) in [5, 5.41) is 12.6. The first-order valence-corrected chi connectivity index (χ1v) is 7.65. The Morgan fingerprint density at radius 1 is 1.09 bits per heavy atom. The van der Waals surface area contributed by atoms with Gasteiger partial charge in [0.15, 0.2) is 0 Å². The van der Waals surface area contributed by atoms with Crippen LogP contribution < -0.4 is 5.32 Å². The molecule has 0 saturated carbocycles. The minimum Gasteiger partial charge on any atom is -0.389 e. The third-order valence-electron chi connectivity index (χ3n) is 4.01. The Hall–Kier alpha value is -2.17. The molecule has 122 valence electrons. The number of aliphatic hydroxyl groups excluding tert-OH is 1. The molecule has 0 radical (unpaired) electrons. The van der Waals surface area contributed by atoms with E-state index in [9.17, 15) is 9.90 Å². The van der Waals surface area contributed by atoms with E-state index in [0.717, 1.165) is 11.1 Å². The molecule has 1 unspecified atom stereocenters. The van der Waals surface area contributed by atoms with Crippen LogP contribution in [0, 0.1) is 0 Å². The molecule has 2 N–H and O–H groups in total. The van der Waals surface area contributed by atoms with Crippen LogP contribution in [0.25, 0.3) is 0 Å². The highest BCUT2D eigenvalue weighted by molar-refractivity contribution is 5.91. The third-order valence-corrected chi connectivity index (χ3v) is 4.01. The molecule has 0 saturated heterocycles. The van der Waals surface area contributed by atoms with Crippen LogP contribution in [0.1, 0.15) is 18.1 Å². The molecule has 4 nitrogen and oxygen atoms in total. The average molecular weight is 313 g/mol. The number of carbonyl (C=O) groups excluding carboxylic acids is 1. The predicted molar refractivity (Wildman–Crippen MR) is 90.2 cm³/mol. The van der Waals surface area contributed by atoms with Gasteiger partial charge in [-0.25, -0.2) is 0 Å². The lowest BCUT2D eigenvalue weighted by atomic mass is 9.75. The number of hydrogen-bond acceptors (Lipinski definition) is 3. The minimum absolute atomic E-state index is 0.148. The van der Waals surface area contributed by atoms with Gasteiger partial charge >= 0.3 is 0 Å². The molecule has 4 heteroatoms. The highest BCUT2D eigenvalue weighted by atomic mass is 16.5. The smallest absolute Gasteiger partial charge is 0.234 e. The molecule has 1 amide bonds. The van der Waals surface area contributed by atoms with Crippen molar-refractivity contribution >= 4 is 5.91 Å². The van der Waals surface area contributed by atoms with Gasteiger partial charge in [-0.2, -0.15) is 0 Å². The van der Waals surface area contributed by atoms with Crippen LogP contribution in [-0.4, -0.2) is 37.4 Å². The van der Waals surface area contributed by atoms with Crippen molar-refractivity contribution in [2.24, 2.45) is 0 Å². The van der Waals surface area contributed by atoms with Crippen LogP contribution in [0.3, 0.4) is 0 Å². The van der Waals surface area contributed by atoms with Crippen LogP contribution in [0.4, 0.5) is 0 Å². The van der Waals surface area contributed by atoms with Crippen molar-refractivity contribution in [1.82, 2.24) is 5.32 Å². The van der Waals surface area contributed by atoms with Gasteiger partial charge in [0.05, 0.1) is 18.1 Å². The summed E-state index contributed by atoms with van der Waals surface area (Å²) in [6.07, 6.45) is -0.722. The number of nitrogens with one attached hydrogen (secondary N) is 1. The molecule has 23 heavy (non-hydrogen) atoms. The van der Waals surface area contributed by atoms with Gasteiger partial charge in [0.2, 0.25) is 5.91 Å². The Kier molecular flexibility index (Phi) is 5.90. The van der Waals surface area contributed by atoms with Crippen LogP contribution in [0.2, 0.25) is 0 Å². The summed E-state index contributed by atoms with van der Waals surface area (Å²) in [5.74, 6) is -0.148. The van der Waals surface area contributed by atoms with Crippen molar-refractivity contribution < 1.29 is 14.6 Å². The summed E-state index contributed by atoms with van der Waals surface area (Å²) >= 11 is 0. The summed E-state index contributed by atoms with van der Waals surface area (Å²) in [7, 11) is 1.52. The lowest BCUT2D eigenvalue weighted by molar-refractivity contribution is -0.125. The standard InChI is InChI=1S/C19H23NO3/c1-19(15-9-5-3-6-10-15,16-11-7-4-8-12-16)18(22)20-13-17(21)14-23-2/h3-12,17,21H,13-14H2,1-2H3,(H,20,22). The van der Waals surface area contributed by atoms with E-state index in [2.05, 4.69) is 5.32 Å². The summed E-state index contributed by atoms with van der Waals surface area (Å²) in [6.45, 7) is 2.24. The zero-order chi connectivity index (χ0) is 16.7. The van der Waals surface area contributed by atoms with E-state index in [1.165, 1.54) is 7.11 Å². The maximum Gasteiger partial charge on any atom is 0.234 e.